The molecule has 0 aliphatic carbocycles. The van der Waals surface area contributed by atoms with Crippen LogP contribution in [0.25, 0.3) is 0 Å². The molecule has 0 aromatic heterocycles. The van der Waals surface area contributed by atoms with Gasteiger partial charge in [-0.3, -0.25) is 14.5 Å². The van der Waals surface area contributed by atoms with Gasteiger partial charge in [0.15, 0.2) is 12.1 Å². The number of likely N-dealkylation sites (tertiary alicyclic amines) is 1. The number of hydrogen-bond acceptors (Lipinski definition) is 10. The number of carbonyl (C=O) groups excluding carboxylic acids is 2. The lowest BCUT2D eigenvalue weighted by atomic mass is 9.78. The number of likely N-dealkylation sites (N-methyl/N-ethyl adjacent to an activating group) is 2. The summed E-state index contributed by atoms with van der Waals surface area (Å²) in [4.78, 5) is 34.4. The quantitative estimate of drug-likeness (QED) is 0.363. The molecule has 3 aliphatic rings. The summed E-state index contributed by atoms with van der Waals surface area (Å²) in [6.45, 7) is 16.7. The minimum absolute atomic E-state index is 0.0486. The van der Waals surface area contributed by atoms with Gasteiger partial charge in [-0.25, -0.2) is 0 Å². The number of Topliss-reactive ketones (excluding diaryl/α,β-unsaturated/α-hetero) is 1. The highest BCUT2D eigenvalue weighted by molar-refractivity contribution is 6.04. The SMILES string of the molecule is CO[C@@H]1C[C@@H](C)CN(C)[C@H]([C@@H]2CCN(C(C)C)C2)COC(=O)C(C)(C)C(=O)[C@H](C)[C@H]1O[C@@H]1O[C@H](C)C[C@H](N(C)C)[C@H]1O. The number of hydrogen-bond donors (Lipinski definition) is 1. The summed E-state index contributed by atoms with van der Waals surface area (Å²) in [7, 11) is 7.60. The first-order valence-corrected chi connectivity index (χ1v) is 15.9. The van der Waals surface area contributed by atoms with E-state index in [-0.39, 0.29) is 36.5 Å². The largest absolute Gasteiger partial charge is 0.463 e. The van der Waals surface area contributed by atoms with Gasteiger partial charge in [0, 0.05) is 44.2 Å². The van der Waals surface area contributed by atoms with Gasteiger partial charge < -0.3 is 33.9 Å². The monoisotopic (exact) mass is 597 g/mol. The van der Waals surface area contributed by atoms with Gasteiger partial charge in [0.2, 0.25) is 0 Å². The van der Waals surface area contributed by atoms with Crippen LogP contribution in [0, 0.1) is 23.2 Å². The van der Waals surface area contributed by atoms with E-state index in [1.165, 1.54) is 0 Å². The van der Waals surface area contributed by atoms with Crippen LogP contribution in [0.3, 0.4) is 0 Å². The Balaban J connectivity index is 1.92. The number of ketones is 1. The molecule has 3 aliphatic heterocycles. The molecule has 10 heteroatoms. The van der Waals surface area contributed by atoms with Crippen LogP contribution in [0.1, 0.15) is 67.7 Å². The summed E-state index contributed by atoms with van der Waals surface area (Å²) in [6, 6.07) is 0.364. The van der Waals surface area contributed by atoms with Crippen molar-refractivity contribution in [2.24, 2.45) is 23.2 Å². The van der Waals surface area contributed by atoms with Crippen molar-refractivity contribution in [1.29, 1.82) is 0 Å². The highest BCUT2D eigenvalue weighted by Crippen LogP contribution is 2.34. The molecule has 0 radical (unpaired) electrons. The highest BCUT2D eigenvalue weighted by Gasteiger charge is 2.48. The van der Waals surface area contributed by atoms with Crippen molar-refractivity contribution in [3.63, 3.8) is 0 Å². The zero-order valence-corrected chi connectivity index (χ0v) is 28.0. The number of esters is 1. The average Bonchev–Trinajstić information content (AvgIpc) is 3.41. The summed E-state index contributed by atoms with van der Waals surface area (Å²) in [5.74, 6) is -0.934. The Morgan fingerprint density at radius 2 is 1.76 bits per heavy atom. The van der Waals surface area contributed by atoms with Gasteiger partial charge in [0.05, 0.1) is 18.3 Å². The third-order valence-electron chi connectivity index (χ3n) is 9.99. The van der Waals surface area contributed by atoms with Crippen molar-refractivity contribution in [3.05, 3.63) is 0 Å². The first-order valence-electron chi connectivity index (χ1n) is 15.9. The van der Waals surface area contributed by atoms with Crippen LogP contribution in [0.2, 0.25) is 0 Å². The van der Waals surface area contributed by atoms with Crippen molar-refractivity contribution < 1.29 is 33.6 Å². The van der Waals surface area contributed by atoms with Crippen molar-refractivity contribution in [3.8, 4) is 0 Å². The Morgan fingerprint density at radius 3 is 2.33 bits per heavy atom. The van der Waals surface area contributed by atoms with E-state index in [1.54, 1.807) is 27.9 Å². The number of ether oxygens (including phenoxy) is 4. The first kappa shape index (κ1) is 35.3. The molecule has 0 amide bonds. The fourth-order valence-corrected chi connectivity index (χ4v) is 7.18. The van der Waals surface area contributed by atoms with Crippen LogP contribution in [-0.4, -0.2) is 135 Å². The molecule has 0 aromatic rings. The number of aliphatic hydroxyl groups is 1. The zero-order valence-electron chi connectivity index (χ0n) is 28.0. The minimum Gasteiger partial charge on any atom is -0.463 e. The lowest BCUT2D eigenvalue weighted by Gasteiger charge is -2.44. The minimum atomic E-state index is -1.38. The standard InChI is InChI=1S/C32H59N3O7/c1-19(2)35-13-12-23(17-35)25-18-40-31(38)32(6,7)29(37)22(5)28(26(39-11)14-20(3)16-34(25)10)42-30-27(36)24(33(8)9)15-21(4)41-30/h19-28,30,36H,12-18H2,1-11H3/t20-,21-,22-,23-,24+,25+,26-,27-,28-,30+/m1/s1. The average molecular weight is 598 g/mol. The van der Waals surface area contributed by atoms with Crippen molar-refractivity contribution in [2.75, 3.05) is 54.5 Å². The number of carbonyl (C=O) groups is 2. The number of methoxy groups -OCH3 is 1. The Kier molecular flexibility index (Phi) is 12.4. The fourth-order valence-electron chi connectivity index (χ4n) is 7.18. The first-order chi connectivity index (χ1) is 19.6. The van der Waals surface area contributed by atoms with E-state index in [0.717, 1.165) is 26.1 Å². The second-order valence-electron chi connectivity index (χ2n) is 14.3. The summed E-state index contributed by atoms with van der Waals surface area (Å²) in [6.07, 6.45) is -0.800. The lowest BCUT2D eigenvalue weighted by Crippen LogP contribution is -2.57. The Morgan fingerprint density at radius 1 is 1.10 bits per heavy atom. The second kappa shape index (κ2) is 14.8. The number of rotatable bonds is 6. The summed E-state index contributed by atoms with van der Waals surface area (Å²) < 4.78 is 24.6. The van der Waals surface area contributed by atoms with Crippen molar-refractivity contribution >= 4 is 11.8 Å². The number of aliphatic hydroxyl groups excluding tert-OH is 1. The van der Waals surface area contributed by atoms with Crippen molar-refractivity contribution in [2.45, 2.75) is 117 Å². The third kappa shape index (κ3) is 8.11. The maximum absolute atomic E-state index is 14.0. The third-order valence-corrected chi connectivity index (χ3v) is 9.99. The Hall–Kier alpha value is -1.14. The summed E-state index contributed by atoms with van der Waals surface area (Å²) in [5, 5.41) is 11.2. The molecule has 0 saturated carbocycles. The Bertz CT molecular complexity index is 899. The summed E-state index contributed by atoms with van der Waals surface area (Å²) in [5.41, 5.74) is -1.38. The topological polar surface area (TPSA) is 101 Å². The molecule has 3 saturated heterocycles. The molecule has 10 atom stereocenters. The maximum atomic E-state index is 14.0. The normalized spacial score (nSPS) is 40.0. The van der Waals surface area contributed by atoms with Gasteiger partial charge >= 0.3 is 5.97 Å². The predicted octanol–water partition coefficient (Wildman–Crippen LogP) is 2.66. The fraction of sp³-hybridized carbons (Fsp3) is 0.938. The molecule has 0 bridgehead atoms. The molecule has 3 fully saturated rings. The van der Waals surface area contributed by atoms with E-state index in [0.29, 0.717) is 24.8 Å². The smallest absolute Gasteiger partial charge is 0.319 e. The van der Waals surface area contributed by atoms with E-state index >= 15 is 0 Å². The predicted molar refractivity (Wildman–Crippen MR) is 162 cm³/mol. The van der Waals surface area contributed by atoms with Crippen LogP contribution >= 0.6 is 0 Å². The molecule has 3 heterocycles. The molecule has 244 valence electrons. The molecule has 10 nitrogen and oxygen atoms in total. The van der Waals surface area contributed by atoms with Gasteiger partial charge in [0.25, 0.3) is 0 Å². The van der Waals surface area contributed by atoms with Crippen LogP contribution in [0.4, 0.5) is 0 Å². The number of cyclic esters (lactones) is 1. The van der Waals surface area contributed by atoms with Crippen LogP contribution in [0.5, 0.6) is 0 Å². The van der Waals surface area contributed by atoms with E-state index < -0.39 is 41.9 Å². The lowest BCUT2D eigenvalue weighted by molar-refractivity contribution is -0.284. The van der Waals surface area contributed by atoms with Gasteiger partial charge in [-0.15, -0.1) is 0 Å². The van der Waals surface area contributed by atoms with Crippen LogP contribution in [0.15, 0.2) is 0 Å². The maximum Gasteiger partial charge on any atom is 0.319 e. The zero-order chi connectivity index (χ0) is 31.5. The molecule has 0 spiro atoms. The molecule has 0 aromatic carbocycles. The molecule has 1 N–H and O–H groups in total. The Labute approximate surface area is 254 Å². The summed E-state index contributed by atoms with van der Waals surface area (Å²) >= 11 is 0. The molecule has 42 heavy (non-hydrogen) atoms. The van der Waals surface area contributed by atoms with Crippen molar-refractivity contribution in [1.82, 2.24) is 14.7 Å². The van der Waals surface area contributed by atoms with Crippen LogP contribution < -0.4 is 0 Å². The number of nitrogens with zero attached hydrogens (tertiary/aromatic N) is 3. The second-order valence-corrected chi connectivity index (χ2v) is 14.3. The van der Waals surface area contributed by atoms with E-state index in [9.17, 15) is 14.7 Å². The van der Waals surface area contributed by atoms with E-state index in [2.05, 4.69) is 37.6 Å². The van der Waals surface area contributed by atoms with Gasteiger partial charge in [-0.2, -0.15) is 0 Å². The van der Waals surface area contributed by atoms with Gasteiger partial charge in [0.1, 0.15) is 18.1 Å². The molecular formula is C32H59N3O7. The molecular weight excluding hydrogens is 538 g/mol. The van der Waals surface area contributed by atoms with Gasteiger partial charge in [-0.05, 0) is 93.4 Å². The van der Waals surface area contributed by atoms with E-state index in [1.807, 2.05) is 25.9 Å². The molecule has 3 rings (SSSR count). The van der Waals surface area contributed by atoms with Crippen LogP contribution in [-0.2, 0) is 28.5 Å². The van der Waals surface area contributed by atoms with Gasteiger partial charge in [-0.1, -0.05) is 13.8 Å². The molecule has 0 unspecified atom stereocenters. The van der Waals surface area contributed by atoms with E-state index in [4.69, 9.17) is 18.9 Å². The highest BCUT2D eigenvalue weighted by atomic mass is 16.7.